The second kappa shape index (κ2) is 7.77. The van der Waals surface area contributed by atoms with Gasteiger partial charge < -0.3 is 14.6 Å². The highest BCUT2D eigenvalue weighted by atomic mass is 19.4. The summed E-state index contributed by atoms with van der Waals surface area (Å²) in [6.07, 6.45) is 2.52. The summed E-state index contributed by atoms with van der Waals surface area (Å²) >= 11 is 0. The van der Waals surface area contributed by atoms with Crippen molar-refractivity contribution in [1.82, 2.24) is 9.55 Å². The zero-order chi connectivity index (χ0) is 19.3. The van der Waals surface area contributed by atoms with Crippen LogP contribution in [0, 0.1) is 0 Å². The van der Waals surface area contributed by atoms with Gasteiger partial charge in [-0.2, -0.15) is 0 Å². The third-order valence-corrected chi connectivity index (χ3v) is 3.50. The van der Waals surface area contributed by atoms with E-state index >= 15 is 0 Å². The molecule has 0 bridgehead atoms. The highest BCUT2D eigenvalue weighted by Gasteiger charge is 2.31. The molecule has 0 saturated carbocycles. The Kier molecular flexibility index (Phi) is 5.25. The first-order valence-electron chi connectivity index (χ1n) is 7.83. The molecule has 5 nitrogen and oxygen atoms in total. The summed E-state index contributed by atoms with van der Waals surface area (Å²) in [6.45, 7) is 0. The number of nitrogens with zero attached hydrogens (tertiary/aromatic N) is 2. The van der Waals surface area contributed by atoms with Crippen LogP contribution in [0.5, 0.6) is 5.75 Å². The van der Waals surface area contributed by atoms with Gasteiger partial charge in [-0.1, -0.05) is 30.3 Å². The number of rotatable bonds is 5. The maximum atomic E-state index is 12.5. The fourth-order valence-corrected chi connectivity index (χ4v) is 2.38. The van der Waals surface area contributed by atoms with Crippen LogP contribution in [0.25, 0.3) is 11.8 Å². The van der Waals surface area contributed by atoms with E-state index in [1.165, 1.54) is 24.3 Å². The summed E-state index contributed by atoms with van der Waals surface area (Å²) < 4.78 is 43.0. The first kappa shape index (κ1) is 18.2. The molecule has 0 aliphatic heterocycles. The van der Waals surface area contributed by atoms with Crippen LogP contribution in [0.2, 0.25) is 0 Å². The molecule has 1 heterocycles. The molecule has 1 N–H and O–H groups in total. The number of hydrogen-bond acceptors (Lipinski definition) is 3. The molecule has 8 heteroatoms. The van der Waals surface area contributed by atoms with Crippen LogP contribution in [0.3, 0.4) is 0 Å². The number of halogens is 3. The van der Waals surface area contributed by atoms with E-state index in [-0.39, 0.29) is 11.3 Å². The predicted octanol–water partition coefficient (Wildman–Crippen LogP) is 4.42. The summed E-state index contributed by atoms with van der Waals surface area (Å²) in [6, 6.07) is 12.6. The van der Waals surface area contributed by atoms with Gasteiger partial charge in [-0.25, -0.2) is 4.98 Å². The van der Waals surface area contributed by atoms with E-state index < -0.39 is 12.3 Å². The molecule has 0 aliphatic rings. The highest BCUT2D eigenvalue weighted by molar-refractivity contribution is 6.03. The minimum absolute atomic E-state index is 0.132. The molecule has 0 fully saturated rings. The van der Waals surface area contributed by atoms with Crippen molar-refractivity contribution in [2.45, 2.75) is 6.36 Å². The number of alkyl halides is 3. The first-order valence-corrected chi connectivity index (χ1v) is 7.83. The van der Waals surface area contributed by atoms with Gasteiger partial charge in [-0.3, -0.25) is 4.79 Å². The summed E-state index contributed by atoms with van der Waals surface area (Å²) in [7, 11) is 0. The average molecular weight is 373 g/mol. The Morgan fingerprint density at radius 1 is 1.11 bits per heavy atom. The van der Waals surface area contributed by atoms with E-state index in [4.69, 9.17) is 0 Å². The zero-order valence-electron chi connectivity index (χ0n) is 13.9. The normalized spacial score (nSPS) is 11.5. The van der Waals surface area contributed by atoms with Crippen molar-refractivity contribution in [2.75, 3.05) is 5.32 Å². The van der Waals surface area contributed by atoms with Crippen molar-refractivity contribution in [3.05, 3.63) is 78.9 Å². The van der Waals surface area contributed by atoms with E-state index in [1.54, 1.807) is 47.6 Å². The number of anilines is 1. The van der Waals surface area contributed by atoms with Gasteiger partial charge in [-0.15, -0.1) is 13.2 Å². The number of nitrogens with one attached hydrogen (secondary N) is 1. The largest absolute Gasteiger partial charge is 0.573 e. The molecule has 0 unspecified atom stereocenters. The molecular formula is C19H14F3N3O2. The van der Waals surface area contributed by atoms with Crippen LogP contribution in [-0.4, -0.2) is 21.8 Å². The van der Waals surface area contributed by atoms with Crippen molar-refractivity contribution >= 4 is 17.7 Å². The van der Waals surface area contributed by atoms with Crippen LogP contribution >= 0.6 is 0 Å². The molecule has 1 aromatic heterocycles. The van der Waals surface area contributed by atoms with E-state index in [9.17, 15) is 18.0 Å². The lowest BCUT2D eigenvalue weighted by atomic mass is 10.2. The van der Waals surface area contributed by atoms with Crippen LogP contribution < -0.4 is 10.1 Å². The standard InChI is InChI=1S/C19H14F3N3O2/c20-19(21,22)27-17-8-4-1-5-14(17)9-10-18(26)24-15-6-2-3-7-16(15)25-12-11-23-13-25/h1-13H,(H,24,26)/b10-9+. The van der Waals surface area contributed by atoms with Crippen LogP contribution in [0.1, 0.15) is 5.56 Å². The number of benzene rings is 2. The molecule has 0 saturated heterocycles. The van der Waals surface area contributed by atoms with Gasteiger partial charge in [-0.05, 0) is 24.3 Å². The lowest BCUT2D eigenvalue weighted by Gasteiger charge is -2.11. The van der Waals surface area contributed by atoms with Crippen LogP contribution in [0.15, 0.2) is 73.3 Å². The Morgan fingerprint density at radius 2 is 1.85 bits per heavy atom. The van der Waals surface area contributed by atoms with Gasteiger partial charge in [0.05, 0.1) is 17.7 Å². The van der Waals surface area contributed by atoms with Crippen molar-refractivity contribution in [1.29, 1.82) is 0 Å². The third-order valence-electron chi connectivity index (χ3n) is 3.50. The lowest BCUT2D eigenvalue weighted by Crippen LogP contribution is -2.17. The molecule has 0 radical (unpaired) electrons. The SMILES string of the molecule is O=C(/C=C/c1ccccc1OC(F)(F)F)Nc1ccccc1-n1ccnc1. The summed E-state index contributed by atoms with van der Waals surface area (Å²) in [4.78, 5) is 16.2. The molecule has 3 rings (SSSR count). The molecule has 3 aromatic rings. The fraction of sp³-hybridized carbons (Fsp3) is 0.0526. The van der Waals surface area contributed by atoms with Crippen molar-refractivity contribution in [3.8, 4) is 11.4 Å². The molecule has 2 aromatic carbocycles. The number of para-hydroxylation sites is 3. The van der Waals surface area contributed by atoms with Gasteiger partial charge in [0.15, 0.2) is 0 Å². The van der Waals surface area contributed by atoms with E-state index in [1.807, 2.05) is 6.07 Å². The van der Waals surface area contributed by atoms with E-state index in [0.29, 0.717) is 11.4 Å². The number of ether oxygens (including phenoxy) is 1. The predicted molar refractivity (Wildman–Crippen MR) is 94.4 cm³/mol. The number of carbonyl (C=O) groups is 1. The lowest BCUT2D eigenvalue weighted by molar-refractivity contribution is -0.274. The zero-order valence-corrected chi connectivity index (χ0v) is 13.9. The van der Waals surface area contributed by atoms with Gasteiger partial charge in [0.1, 0.15) is 5.75 Å². The Labute approximate surface area is 152 Å². The van der Waals surface area contributed by atoms with Gasteiger partial charge >= 0.3 is 6.36 Å². The second-order valence-electron chi connectivity index (χ2n) is 5.40. The Balaban J connectivity index is 1.76. The van der Waals surface area contributed by atoms with Gasteiger partial charge in [0, 0.05) is 24.0 Å². The summed E-state index contributed by atoms with van der Waals surface area (Å²) in [5.74, 6) is -0.878. The monoisotopic (exact) mass is 373 g/mol. The minimum Gasteiger partial charge on any atom is -0.405 e. The highest BCUT2D eigenvalue weighted by Crippen LogP contribution is 2.27. The molecule has 0 atom stereocenters. The average Bonchev–Trinajstić information content (AvgIpc) is 3.14. The number of imidazole rings is 1. The number of amides is 1. The quantitative estimate of drug-likeness (QED) is 0.674. The van der Waals surface area contributed by atoms with E-state index in [0.717, 1.165) is 6.08 Å². The smallest absolute Gasteiger partial charge is 0.405 e. The van der Waals surface area contributed by atoms with Crippen LogP contribution in [0.4, 0.5) is 18.9 Å². The van der Waals surface area contributed by atoms with Gasteiger partial charge in [0.25, 0.3) is 0 Å². The van der Waals surface area contributed by atoms with E-state index in [2.05, 4.69) is 15.0 Å². The van der Waals surface area contributed by atoms with Crippen molar-refractivity contribution in [2.24, 2.45) is 0 Å². The molecule has 27 heavy (non-hydrogen) atoms. The van der Waals surface area contributed by atoms with Crippen molar-refractivity contribution in [3.63, 3.8) is 0 Å². The molecule has 138 valence electrons. The maximum Gasteiger partial charge on any atom is 0.573 e. The molecule has 0 spiro atoms. The Bertz CT molecular complexity index is 951. The summed E-state index contributed by atoms with van der Waals surface area (Å²) in [5.41, 5.74) is 1.37. The molecule has 1 amide bonds. The fourth-order valence-electron chi connectivity index (χ4n) is 2.38. The molecular weight excluding hydrogens is 359 g/mol. The van der Waals surface area contributed by atoms with Crippen LogP contribution in [-0.2, 0) is 4.79 Å². The Morgan fingerprint density at radius 3 is 2.59 bits per heavy atom. The molecule has 0 aliphatic carbocycles. The van der Waals surface area contributed by atoms with Crippen molar-refractivity contribution < 1.29 is 22.7 Å². The Hall–Kier alpha value is -3.55. The van der Waals surface area contributed by atoms with Gasteiger partial charge in [0.2, 0.25) is 5.91 Å². The summed E-state index contributed by atoms with van der Waals surface area (Å²) in [5, 5.41) is 2.70. The third kappa shape index (κ3) is 4.97. The first-order chi connectivity index (χ1) is 12.9. The second-order valence-corrected chi connectivity index (χ2v) is 5.40. The number of aromatic nitrogens is 2. The topological polar surface area (TPSA) is 56.1 Å². The minimum atomic E-state index is -4.81. The number of hydrogen-bond donors (Lipinski definition) is 1. The maximum absolute atomic E-state index is 12.5. The number of carbonyl (C=O) groups excluding carboxylic acids is 1.